The Hall–Kier alpha value is -1.58. The average molecular weight is 194 g/mol. The summed E-state index contributed by atoms with van der Waals surface area (Å²) in [5, 5.41) is 2.72. The number of aromatic nitrogens is 1. The minimum atomic E-state index is -0.239. The molecule has 1 aromatic rings. The molecule has 1 rings (SSSR count). The first-order valence-corrected chi connectivity index (χ1v) is 4.56. The van der Waals surface area contributed by atoms with Crippen molar-refractivity contribution in [3.63, 3.8) is 0 Å². The van der Waals surface area contributed by atoms with E-state index in [4.69, 9.17) is 0 Å². The van der Waals surface area contributed by atoms with Crippen LogP contribution in [0.4, 0.5) is 0 Å². The molecular weight excluding hydrogens is 180 g/mol. The zero-order chi connectivity index (χ0) is 10.6. The van der Waals surface area contributed by atoms with Crippen LogP contribution in [0.15, 0.2) is 23.1 Å². The Morgan fingerprint density at radius 1 is 1.57 bits per heavy atom. The van der Waals surface area contributed by atoms with Crippen LogP contribution in [0.5, 0.6) is 0 Å². The van der Waals surface area contributed by atoms with Crippen molar-refractivity contribution in [2.75, 3.05) is 6.54 Å². The number of carbonyl (C=O) groups is 1. The van der Waals surface area contributed by atoms with E-state index in [1.54, 1.807) is 0 Å². The van der Waals surface area contributed by atoms with E-state index >= 15 is 0 Å². The van der Waals surface area contributed by atoms with Gasteiger partial charge < -0.3 is 10.3 Å². The summed E-state index contributed by atoms with van der Waals surface area (Å²) in [6.07, 6.45) is 1.46. The third kappa shape index (κ3) is 3.05. The minimum absolute atomic E-state index is 0.168. The number of carbonyl (C=O) groups excluding carboxylic acids is 1. The number of amides is 1. The smallest absolute Gasteiger partial charge is 0.267 e. The number of hydrogen-bond acceptors (Lipinski definition) is 2. The van der Waals surface area contributed by atoms with E-state index in [-0.39, 0.29) is 11.3 Å². The maximum Gasteiger partial charge on any atom is 0.267 e. The molecule has 0 unspecified atom stereocenters. The predicted molar refractivity (Wildman–Crippen MR) is 54.2 cm³/mol. The van der Waals surface area contributed by atoms with E-state index in [0.717, 1.165) is 0 Å². The van der Waals surface area contributed by atoms with Crippen LogP contribution in [0, 0.1) is 5.92 Å². The van der Waals surface area contributed by atoms with Crippen molar-refractivity contribution in [3.8, 4) is 0 Å². The number of H-pyrrole nitrogens is 1. The van der Waals surface area contributed by atoms with Crippen LogP contribution in [0.2, 0.25) is 0 Å². The van der Waals surface area contributed by atoms with Crippen molar-refractivity contribution in [1.29, 1.82) is 0 Å². The van der Waals surface area contributed by atoms with Gasteiger partial charge in [0.2, 0.25) is 0 Å². The van der Waals surface area contributed by atoms with Crippen molar-refractivity contribution >= 4 is 5.91 Å². The number of aromatic amines is 1. The summed E-state index contributed by atoms with van der Waals surface area (Å²) in [4.78, 5) is 25.1. The lowest BCUT2D eigenvalue weighted by atomic mass is 10.2. The molecule has 4 nitrogen and oxygen atoms in total. The number of pyridine rings is 1. The van der Waals surface area contributed by atoms with Crippen molar-refractivity contribution in [1.82, 2.24) is 10.3 Å². The third-order valence-electron chi connectivity index (χ3n) is 1.69. The summed E-state index contributed by atoms with van der Waals surface area (Å²) in [7, 11) is 0. The fraction of sp³-hybridized carbons (Fsp3) is 0.400. The van der Waals surface area contributed by atoms with Gasteiger partial charge in [-0.25, -0.2) is 0 Å². The van der Waals surface area contributed by atoms with Crippen molar-refractivity contribution in [2.24, 2.45) is 5.92 Å². The Kier molecular flexibility index (Phi) is 3.45. The molecule has 4 heteroatoms. The van der Waals surface area contributed by atoms with Gasteiger partial charge >= 0.3 is 0 Å². The second kappa shape index (κ2) is 4.60. The summed E-state index contributed by atoms with van der Waals surface area (Å²) in [6, 6.07) is 2.66. The zero-order valence-corrected chi connectivity index (χ0v) is 8.33. The van der Waals surface area contributed by atoms with Gasteiger partial charge in [-0.15, -0.1) is 0 Å². The second-order valence-electron chi connectivity index (χ2n) is 3.54. The lowest BCUT2D eigenvalue weighted by Gasteiger charge is -2.06. The zero-order valence-electron chi connectivity index (χ0n) is 8.33. The van der Waals surface area contributed by atoms with Crippen LogP contribution in [0.1, 0.15) is 24.3 Å². The predicted octanol–water partition coefficient (Wildman–Crippen LogP) is 0.761. The highest BCUT2D eigenvalue weighted by atomic mass is 16.2. The number of nitrogens with one attached hydrogen (secondary N) is 2. The standard InChI is InChI=1S/C10H14N2O2/c1-7(2)6-12-10(14)9-5-8(13)3-4-11-9/h3-5,7H,6H2,1-2H3,(H,11,13)(H,12,14). The van der Waals surface area contributed by atoms with Gasteiger partial charge in [0, 0.05) is 24.9 Å². The second-order valence-corrected chi connectivity index (χ2v) is 3.54. The molecule has 1 amide bonds. The molecule has 0 fully saturated rings. The van der Waals surface area contributed by atoms with Gasteiger partial charge in [0.05, 0.1) is 0 Å². The van der Waals surface area contributed by atoms with E-state index in [9.17, 15) is 9.59 Å². The molecule has 0 aliphatic rings. The van der Waals surface area contributed by atoms with Crippen LogP contribution in [0.25, 0.3) is 0 Å². The Balaban J connectivity index is 2.65. The largest absolute Gasteiger partial charge is 0.357 e. The topological polar surface area (TPSA) is 62.0 Å². The summed E-state index contributed by atoms with van der Waals surface area (Å²) >= 11 is 0. The van der Waals surface area contributed by atoms with Gasteiger partial charge in [0.1, 0.15) is 5.69 Å². The van der Waals surface area contributed by atoms with Crippen LogP contribution in [-0.2, 0) is 0 Å². The maximum absolute atomic E-state index is 11.4. The molecular formula is C10H14N2O2. The highest BCUT2D eigenvalue weighted by Crippen LogP contribution is 1.91. The third-order valence-corrected chi connectivity index (χ3v) is 1.69. The first kappa shape index (κ1) is 10.5. The van der Waals surface area contributed by atoms with E-state index in [2.05, 4.69) is 10.3 Å². The maximum atomic E-state index is 11.4. The molecule has 1 heterocycles. The van der Waals surface area contributed by atoms with Crippen molar-refractivity contribution in [2.45, 2.75) is 13.8 Å². The molecule has 14 heavy (non-hydrogen) atoms. The van der Waals surface area contributed by atoms with E-state index < -0.39 is 0 Å². The molecule has 0 saturated carbocycles. The Bertz CT molecular complexity index is 368. The molecule has 76 valence electrons. The Morgan fingerprint density at radius 3 is 2.86 bits per heavy atom. The molecule has 2 N–H and O–H groups in total. The van der Waals surface area contributed by atoms with Crippen LogP contribution < -0.4 is 10.7 Å². The lowest BCUT2D eigenvalue weighted by molar-refractivity contribution is 0.0944. The first-order chi connectivity index (χ1) is 6.59. The fourth-order valence-corrected chi connectivity index (χ4v) is 0.969. The van der Waals surface area contributed by atoms with Gasteiger partial charge in [-0.2, -0.15) is 0 Å². The molecule has 0 aliphatic heterocycles. The molecule has 0 saturated heterocycles. The van der Waals surface area contributed by atoms with Gasteiger partial charge in [0.25, 0.3) is 5.91 Å². The molecule has 0 atom stereocenters. The van der Waals surface area contributed by atoms with Gasteiger partial charge in [-0.05, 0) is 5.92 Å². The monoisotopic (exact) mass is 194 g/mol. The Morgan fingerprint density at radius 2 is 2.29 bits per heavy atom. The fourth-order valence-electron chi connectivity index (χ4n) is 0.969. The lowest BCUT2D eigenvalue weighted by Crippen LogP contribution is -2.28. The van der Waals surface area contributed by atoms with Crippen LogP contribution >= 0.6 is 0 Å². The van der Waals surface area contributed by atoms with E-state index in [1.165, 1.54) is 18.3 Å². The SMILES string of the molecule is CC(C)CNC(=O)c1cc(=O)cc[nH]1. The quantitative estimate of drug-likeness (QED) is 0.746. The van der Waals surface area contributed by atoms with E-state index in [0.29, 0.717) is 18.2 Å². The van der Waals surface area contributed by atoms with Gasteiger partial charge in [-0.1, -0.05) is 13.8 Å². The Labute approximate surface area is 82.3 Å². The summed E-state index contributed by atoms with van der Waals surface area (Å²) < 4.78 is 0. The van der Waals surface area contributed by atoms with Crippen LogP contribution in [-0.4, -0.2) is 17.4 Å². The molecule has 0 spiro atoms. The normalized spacial score (nSPS) is 10.2. The van der Waals surface area contributed by atoms with Crippen LogP contribution in [0.3, 0.4) is 0 Å². The minimum Gasteiger partial charge on any atom is -0.357 e. The summed E-state index contributed by atoms with van der Waals surface area (Å²) in [5.74, 6) is 0.158. The number of rotatable bonds is 3. The molecule has 0 radical (unpaired) electrons. The molecule has 0 aromatic carbocycles. The van der Waals surface area contributed by atoms with Crippen molar-refractivity contribution < 1.29 is 4.79 Å². The first-order valence-electron chi connectivity index (χ1n) is 4.56. The van der Waals surface area contributed by atoms with Gasteiger partial charge in [0.15, 0.2) is 5.43 Å². The molecule has 1 aromatic heterocycles. The summed E-state index contributed by atoms with van der Waals surface area (Å²) in [6.45, 7) is 4.62. The van der Waals surface area contributed by atoms with E-state index in [1.807, 2.05) is 13.8 Å². The average Bonchev–Trinajstić information content (AvgIpc) is 2.14. The molecule has 0 aliphatic carbocycles. The van der Waals surface area contributed by atoms with Crippen molar-refractivity contribution in [3.05, 3.63) is 34.2 Å². The summed E-state index contributed by atoms with van der Waals surface area (Å²) in [5.41, 5.74) is 0.136. The highest BCUT2D eigenvalue weighted by molar-refractivity contribution is 5.92. The number of hydrogen-bond donors (Lipinski definition) is 2. The van der Waals surface area contributed by atoms with Gasteiger partial charge in [-0.3, -0.25) is 9.59 Å². The molecule has 0 bridgehead atoms. The highest BCUT2D eigenvalue weighted by Gasteiger charge is 2.05.